The molecule has 0 bridgehead atoms. The third-order valence-corrected chi connectivity index (χ3v) is 3.09. The van der Waals surface area contributed by atoms with Crippen molar-refractivity contribution in [3.63, 3.8) is 0 Å². The van der Waals surface area contributed by atoms with E-state index in [1.165, 1.54) is 0 Å². The highest BCUT2D eigenvalue weighted by Gasteiger charge is 2.09. The predicted octanol–water partition coefficient (Wildman–Crippen LogP) is 2.88. The molecule has 0 saturated heterocycles. The van der Waals surface area contributed by atoms with Crippen LogP contribution in [0.5, 0.6) is 11.5 Å². The monoisotopic (exact) mass is 319 g/mol. The molecule has 0 unspecified atom stereocenters. The SMILES string of the molecule is CCCn1nnnc1NCc1ccc(OC(C)C)c(OCC)c1. The van der Waals surface area contributed by atoms with Crippen LogP contribution in [0.3, 0.4) is 0 Å². The minimum Gasteiger partial charge on any atom is -0.490 e. The van der Waals surface area contributed by atoms with Crippen molar-refractivity contribution in [2.45, 2.75) is 53.3 Å². The summed E-state index contributed by atoms with van der Waals surface area (Å²) >= 11 is 0. The lowest BCUT2D eigenvalue weighted by atomic mass is 10.2. The lowest BCUT2D eigenvalue weighted by Crippen LogP contribution is -2.10. The van der Waals surface area contributed by atoms with Crippen molar-refractivity contribution in [3.8, 4) is 11.5 Å². The van der Waals surface area contributed by atoms with Crippen LogP contribution in [-0.2, 0) is 13.1 Å². The molecule has 1 aromatic heterocycles. The van der Waals surface area contributed by atoms with Gasteiger partial charge in [-0.3, -0.25) is 0 Å². The Labute approximate surface area is 137 Å². The summed E-state index contributed by atoms with van der Waals surface area (Å²) in [6, 6.07) is 5.94. The van der Waals surface area contributed by atoms with Gasteiger partial charge in [-0.05, 0) is 55.3 Å². The van der Waals surface area contributed by atoms with Crippen LogP contribution in [0, 0.1) is 0 Å². The molecule has 7 nitrogen and oxygen atoms in total. The number of nitrogens with one attached hydrogen (secondary N) is 1. The maximum Gasteiger partial charge on any atom is 0.243 e. The second-order valence-corrected chi connectivity index (χ2v) is 5.46. The topological polar surface area (TPSA) is 74.1 Å². The smallest absolute Gasteiger partial charge is 0.243 e. The lowest BCUT2D eigenvalue weighted by Gasteiger charge is -2.15. The van der Waals surface area contributed by atoms with Gasteiger partial charge in [-0.1, -0.05) is 18.1 Å². The van der Waals surface area contributed by atoms with Crippen LogP contribution in [0.1, 0.15) is 39.7 Å². The van der Waals surface area contributed by atoms with Crippen LogP contribution in [0.25, 0.3) is 0 Å². The van der Waals surface area contributed by atoms with E-state index in [0.29, 0.717) is 19.1 Å². The molecular formula is C16H25N5O2. The number of anilines is 1. The van der Waals surface area contributed by atoms with E-state index in [2.05, 4.69) is 27.8 Å². The average molecular weight is 319 g/mol. The fraction of sp³-hybridized carbons (Fsp3) is 0.562. The molecule has 0 atom stereocenters. The zero-order chi connectivity index (χ0) is 16.7. The summed E-state index contributed by atoms with van der Waals surface area (Å²) in [4.78, 5) is 0. The van der Waals surface area contributed by atoms with Gasteiger partial charge in [-0.2, -0.15) is 0 Å². The summed E-state index contributed by atoms with van der Waals surface area (Å²) in [5.74, 6) is 2.20. The van der Waals surface area contributed by atoms with Crippen molar-refractivity contribution in [2.75, 3.05) is 11.9 Å². The summed E-state index contributed by atoms with van der Waals surface area (Å²) < 4.78 is 13.2. The summed E-state index contributed by atoms with van der Waals surface area (Å²) in [7, 11) is 0. The number of benzene rings is 1. The molecule has 0 spiro atoms. The van der Waals surface area contributed by atoms with Gasteiger partial charge in [0.2, 0.25) is 5.95 Å². The zero-order valence-corrected chi connectivity index (χ0v) is 14.2. The van der Waals surface area contributed by atoms with E-state index in [0.717, 1.165) is 30.0 Å². The summed E-state index contributed by atoms with van der Waals surface area (Å²) in [5, 5.41) is 14.9. The number of tetrazole rings is 1. The van der Waals surface area contributed by atoms with Gasteiger partial charge in [0.15, 0.2) is 11.5 Å². The molecular weight excluding hydrogens is 294 g/mol. The summed E-state index contributed by atoms with van der Waals surface area (Å²) in [6.45, 7) is 10.1. The van der Waals surface area contributed by atoms with Gasteiger partial charge in [0, 0.05) is 13.1 Å². The fourth-order valence-corrected chi connectivity index (χ4v) is 2.16. The van der Waals surface area contributed by atoms with Crippen molar-refractivity contribution < 1.29 is 9.47 Å². The van der Waals surface area contributed by atoms with Gasteiger partial charge in [0.25, 0.3) is 0 Å². The molecule has 1 N–H and O–H groups in total. The molecule has 0 radical (unpaired) electrons. The van der Waals surface area contributed by atoms with E-state index >= 15 is 0 Å². The number of hydrogen-bond donors (Lipinski definition) is 1. The molecule has 1 heterocycles. The molecule has 0 aliphatic carbocycles. The Hall–Kier alpha value is -2.31. The van der Waals surface area contributed by atoms with Crippen molar-refractivity contribution in [1.82, 2.24) is 20.2 Å². The predicted molar refractivity (Wildman–Crippen MR) is 88.8 cm³/mol. The normalized spacial score (nSPS) is 10.8. The lowest BCUT2D eigenvalue weighted by molar-refractivity contribution is 0.223. The second kappa shape index (κ2) is 8.36. The second-order valence-electron chi connectivity index (χ2n) is 5.46. The fourth-order valence-electron chi connectivity index (χ4n) is 2.16. The number of nitrogens with zero attached hydrogens (tertiary/aromatic N) is 4. The summed E-state index contributed by atoms with van der Waals surface area (Å²) in [5.41, 5.74) is 1.08. The van der Waals surface area contributed by atoms with Gasteiger partial charge < -0.3 is 14.8 Å². The van der Waals surface area contributed by atoms with Gasteiger partial charge >= 0.3 is 0 Å². The first-order valence-electron chi connectivity index (χ1n) is 8.06. The maximum absolute atomic E-state index is 5.77. The molecule has 0 aliphatic rings. The molecule has 0 amide bonds. The number of ether oxygens (including phenoxy) is 2. The molecule has 2 aromatic rings. The van der Waals surface area contributed by atoms with E-state index in [-0.39, 0.29) is 6.10 Å². The van der Waals surface area contributed by atoms with Crippen LogP contribution in [0.2, 0.25) is 0 Å². The Kier molecular flexibility index (Phi) is 6.19. The van der Waals surface area contributed by atoms with Gasteiger partial charge in [-0.25, -0.2) is 4.68 Å². The first-order chi connectivity index (χ1) is 11.1. The largest absolute Gasteiger partial charge is 0.490 e. The van der Waals surface area contributed by atoms with E-state index in [4.69, 9.17) is 9.47 Å². The maximum atomic E-state index is 5.77. The molecule has 2 rings (SSSR count). The van der Waals surface area contributed by atoms with E-state index in [9.17, 15) is 0 Å². The number of aromatic nitrogens is 4. The molecule has 126 valence electrons. The average Bonchev–Trinajstić information content (AvgIpc) is 2.95. The Morgan fingerprint density at radius 3 is 2.74 bits per heavy atom. The minimum absolute atomic E-state index is 0.108. The van der Waals surface area contributed by atoms with Crippen molar-refractivity contribution in [3.05, 3.63) is 23.8 Å². The first-order valence-corrected chi connectivity index (χ1v) is 8.06. The van der Waals surface area contributed by atoms with Crippen molar-refractivity contribution in [1.29, 1.82) is 0 Å². The standard InChI is InChI=1S/C16H25N5O2/c1-5-9-21-16(18-19-20-21)17-11-13-7-8-14(23-12(3)4)15(10-13)22-6-2/h7-8,10,12H,5-6,9,11H2,1-4H3,(H,17,18,20). The zero-order valence-electron chi connectivity index (χ0n) is 14.2. The Balaban J connectivity index is 2.07. The third kappa shape index (κ3) is 4.84. The Morgan fingerprint density at radius 1 is 1.22 bits per heavy atom. The van der Waals surface area contributed by atoms with Crippen molar-refractivity contribution >= 4 is 5.95 Å². The first kappa shape index (κ1) is 17.1. The van der Waals surface area contributed by atoms with Gasteiger partial charge in [0.1, 0.15) is 0 Å². The van der Waals surface area contributed by atoms with Gasteiger partial charge in [-0.15, -0.1) is 0 Å². The Morgan fingerprint density at radius 2 is 2.04 bits per heavy atom. The molecule has 0 aliphatic heterocycles. The molecule has 7 heteroatoms. The van der Waals surface area contributed by atoms with Crippen LogP contribution in [-0.4, -0.2) is 32.9 Å². The van der Waals surface area contributed by atoms with Crippen LogP contribution < -0.4 is 14.8 Å². The van der Waals surface area contributed by atoms with Crippen LogP contribution >= 0.6 is 0 Å². The van der Waals surface area contributed by atoms with E-state index in [1.807, 2.05) is 39.0 Å². The minimum atomic E-state index is 0.108. The highest BCUT2D eigenvalue weighted by molar-refractivity contribution is 5.44. The number of aryl methyl sites for hydroxylation is 1. The Bertz CT molecular complexity index is 612. The quantitative estimate of drug-likeness (QED) is 0.766. The van der Waals surface area contributed by atoms with Crippen LogP contribution in [0.15, 0.2) is 18.2 Å². The van der Waals surface area contributed by atoms with E-state index < -0.39 is 0 Å². The summed E-state index contributed by atoms with van der Waals surface area (Å²) in [6.07, 6.45) is 1.09. The van der Waals surface area contributed by atoms with Gasteiger partial charge in [0.05, 0.1) is 12.7 Å². The molecule has 0 fully saturated rings. The molecule has 0 saturated carbocycles. The highest BCUT2D eigenvalue weighted by Crippen LogP contribution is 2.29. The number of hydrogen-bond acceptors (Lipinski definition) is 6. The third-order valence-electron chi connectivity index (χ3n) is 3.09. The molecule has 1 aromatic carbocycles. The van der Waals surface area contributed by atoms with E-state index in [1.54, 1.807) is 4.68 Å². The van der Waals surface area contributed by atoms with Crippen molar-refractivity contribution in [2.24, 2.45) is 0 Å². The number of rotatable bonds is 9. The molecule has 23 heavy (non-hydrogen) atoms. The highest BCUT2D eigenvalue weighted by atomic mass is 16.5. The van der Waals surface area contributed by atoms with Crippen LogP contribution in [0.4, 0.5) is 5.95 Å².